The average Bonchev–Trinajstić information content (AvgIpc) is 1.79. The molecule has 0 atom stereocenters. The molecule has 0 aliphatic heterocycles. The van der Waals surface area contributed by atoms with E-state index in [1.165, 1.54) is 24.8 Å². The van der Waals surface area contributed by atoms with Gasteiger partial charge in [0.05, 0.1) is 10.0 Å². The Hall–Kier alpha value is -0.200. The fraction of sp³-hybridized carbons (Fsp3) is 0.400. The van der Waals surface area contributed by atoms with Gasteiger partial charge < -0.3 is 0 Å². The van der Waals surface area contributed by atoms with Crippen LogP contribution >= 0.6 is 23.2 Å². The van der Waals surface area contributed by atoms with Gasteiger partial charge in [-0.2, -0.15) is 0 Å². The third-order valence-corrected chi connectivity index (χ3v) is 2.81. The van der Waals surface area contributed by atoms with E-state index in [0.717, 1.165) is 0 Å². The summed E-state index contributed by atoms with van der Waals surface area (Å²) in [7, 11) is 0. The van der Waals surface area contributed by atoms with Crippen molar-refractivity contribution in [3.05, 3.63) is 33.8 Å². The van der Waals surface area contributed by atoms with E-state index in [1.54, 1.807) is 0 Å². The molecule has 0 heterocycles. The standard InChI is InChI=1S/C10H9Cl2/c11-9-4-8(5-10(12)6-9)7-2-1-3-7/h4-5,7H,1-3H2. The zero-order chi connectivity index (χ0) is 8.55. The van der Waals surface area contributed by atoms with Gasteiger partial charge in [0.2, 0.25) is 0 Å². The van der Waals surface area contributed by atoms with Crippen LogP contribution in [0.1, 0.15) is 30.7 Å². The summed E-state index contributed by atoms with van der Waals surface area (Å²) in [5.41, 5.74) is 1.27. The third-order valence-electron chi connectivity index (χ3n) is 2.40. The number of hydrogen-bond acceptors (Lipinski definition) is 0. The van der Waals surface area contributed by atoms with Crippen molar-refractivity contribution >= 4 is 23.2 Å². The molecular formula is C10H9Cl2. The summed E-state index contributed by atoms with van der Waals surface area (Å²) < 4.78 is 0. The van der Waals surface area contributed by atoms with E-state index in [1.807, 2.05) is 12.1 Å². The molecule has 1 aromatic carbocycles. The Morgan fingerprint density at radius 1 is 1.17 bits per heavy atom. The second-order valence-corrected chi connectivity index (χ2v) is 4.05. The van der Waals surface area contributed by atoms with Crippen LogP contribution in [0.25, 0.3) is 0 Å². The van der Waals surface area contributed by atoms with Gasteiger partial charge in [-0.1, -0.05) is 29.6 Å². The molecule has 0 unspecified atom stereocenters. The van der Waals surface area contributed by atoms with Gasteiger partial charge in [0.15, 0.2) is 0 Å². The fourth-order valence-corrected chi connectivity index (χ4v) is 2.00. The average molecular weight is 200 g/mol. The second kappa shape index (κ2) is 3.27. The molecule has 63 valence electrons. The van der Waals surface area contributed by atoms with Crippen LogP contribution in [0.5, 0.6) is 0 Å². The molecule has 0 bridgehead atoms. The Bertz CT molecular complexity index is 270. The van der Waals surface area contributed by atoms with Crippen LogP contribution in [0.2, 0.25) is 10.0 Å². The van der Waals surface area contributed by atoms with Gasteiger partial charge in [0.25, 0.3) is 0 Å². The molecule has 1 aliphatic rings. The summed E-state index contributed by atoms with van der Waals surface area (Å²) in [6.07, 6.45) is 3.88. The quantitative estimate of drug-likeness (QED) is 0.641. The van der Waals surface area contributed by atoms with Crippen molar-refractivity contribution in [3.8, 4) is 0 Å². The molecule has 1 aromatic rings. The van der Waals surface area contributed by atoms with Gasteiger partial charge in [-0.05, 0) is 36.5 Å². The topological polar surface area (TPSA) is 0 Å². The van der Waals surface area contributed by atoms with Crippen LogP contribution in [0.15, 0.2) is 12.1 Å². The summed E-state index contributed by atoms with van der Waals surface area (Å²) in [6, 6.07) is 6.78. The van der Waals surface area contributed by atoms with Gasteiger partial charge in [-0.15, -0.1) is 0 Å². The third kappa shape index (κ3) is 1.60. The molecule has 0 amide bonds. The second-order valence-electron chi connectivity index (χ2n) is 3.24. The molecule has 1 radical (unpaired) electrons. The maximum atomic E-state index is 5.84. The van der Waals surface area contributed by atoms with Crippen molar-refractivity contribution in [2.45, 2.75) is 25.2 Å². The van der Waals surface area contributed by atoms with Crippen molar-refractivity contribution in [2.75, 3.05) is 0 Å². The van der Waals surface area contributed by atoms with Gasteiger partial charge in [-0.3, -0.25) is 0 Å². The summed E-state index contributed by atoms with van der Waals surface area (Å²) in [6.45, 7) is 0. The van der Waals surface area contributed by atoms with Crippen LogP contribution in [0.4, 0.5) is 0 Å². The SMILES string of the molecule is Clc1[c]c(Cl)cc(C2CCC2)c1. The largest absolute Gasteiger partial charge is 0.0836 e. The molecule has 1 aliphatic carbocycles. The molecule has 0 saturated heterocycles. The van der Waals surface area contributed by atoms with E-state index >= 15 is 0 Å². The smallest absolute Gasteiger partial charge is 0.0503 e. The highest BCUT2D eigenvalue weighted by Crippen LogP contribution is 2.38. The first-order valence-corrected chi connectivity index (χ1v) is 4.89. The number of hydrogen-bond donors (Lipinski definition) is 0. The molecule has 1 saturated carbocycles. The van der Waals surface area contributed by atoms with Crippen molar-refractivity contribution in [1.82, 2.24) is 0 Å². The van der Waals surface area contributed by atoms with Crippen LogP contribution in [0.3, 0.4) is 0 Å². The lowest BCUT2D eigenvalue weighted by atomic mass is 9.80. The first-order valence-electron chi connectivity index (χ1n) is 4.14. The Morgan fingerprint density at radius 2 is 1.75 bits per heavy atom. The number of benzene rings is 1. The Kier molecular flexibility index (Phi) is 2.29. The van der Waals surface area contributed by atoms with Gasteiger partial charge in [0, 0.05) is 6.07 Å². The highest BCUT2D eigenvalue weighted by Gasteiger charge is 2.19. The van der Waals surface area contributed by atoms with Gasteiger partial charge >= 0.3 is 0 Å². The van der Waals surface area contributed by atoms with Crippen LogP contribution in [-0.2, 0) is 0 Å². The summed E-state index contributed by atoms with van der Waals surface area (Å²) >= 11 is 11.7. The predicted octanol–water partition coefficient (Wildman–Crippen LogP) is 4.06. The lowest BCUT2D eigenvalue weighted by molar-refractivity contribution is 0.420. The van der Waals surface area contributed by atoms with E-state index in [9.17, 15) is 0 Å². The van der Waals surface area contributed by atoms with E-state index in [2.05, 4.69) is 6.07 Å². The van der Waals surface area contributed by atoms with Crippen molar-refractivity contribution in [2.24, 2.45) is 0 Å². The molecule has 0 spiro atoms. The van der Waals surface area contributed by atoms with Crippen LogP contribution in [-0.4, -0.2) is 0 Å². The normalized spacial score (nSPS) is 17.5. The minimum atomic E-state index is 0.629. The predicted molar refractivity (Wildman–Crippen MR) is 51.9 cm³/mol. The molecular weight excluding hydrogens is 191 g/mol. The molecule has 2 rings (SSSR count). The fourth-order valence-electron chi connectivity index (χ4n) is 1.50. The lowest BCUT2D eigenvalue weighted by Gasteiger charge is -2.25. The summed E-state index contributed by atoms with van der Waals surface area (Å²) in [5.74, 6) is 0.689. The zero-order valence-corrected chi connectivity index (χ0v) is 8.12. The van der Waals surface area contributed by atoms with E-state index in [0.29, 0.717) is 16.0 Å². The Labute approximate surface area is 82.5 Å². The minimum Gasteiger partial charge on any atom is -0.0836 e. The molecule has 0 aromatic heterocycles. The first-order chi connectivity index (χ1) is 5.75. The maximum absolute atomic E-state index is 5.84. The lowest BCUT2D eigenvalue weighted by Crippen LogP contribution is -2.08. The zero-order valence-electron chi connectivity index (χ0n) is 6.61. The number of halogens is 2. The number of rotatable bonds is 1. The molecule has 2 heteroatoms. The van der Waals surface area contributed by atoms with Crippen molar-refractivity contribution in [3.63, 3.8) is 0 Å². The minimum absolute atomic E-state index is 0.629. The van der Waals surface area contributed by atoms with Gasteiger partial charge in [0.1, 0.15) is 0 Å². The first kappa shape index (κ1) is 8.40. The highest BCUT2D eigenvalue weighted by molar-refractivity contribution is 6.34. The van der Waals surface area contributed by atoms with Crippen molar-refractivity contribution < 1.29 is 0 Å². The van der Waals surface area contributed by atoms with Crippen LogP contribution < -0.4 is 0 Å². The molecule has 12 heavy (non-hydrogen) atoms. The van der Waals surface area contributed by atoms with Crippen molar-refractivity contribution in [1.29, 1.82) is 0 Å². The maximum Gasteiger partial charge on any atom is 0.0503 e. The monoisotopic (exact) mass is 199 g/mol. The highest BCUT2D eigenvalue weighted by atomic mass is 35.5. The molecule has 1 fully saturated rings. The van der Waals surface area contributed by atoms with E-state index in [-0.39, 0.29) is 0 Å². The van der Waals surface area contributed by atoms with Crippen LogP contribution in [0, 0.1) is 6.07 Å². The van der Waals surface area contributed by atoms with Gasteiger partial charge in [-0.25, -0.2) is 0 Å². The van der Waals surface area contributed by atoms with E-state index in [4.69, 9.17) is 23.2 Å². The summed E-state index contributed by atoms with van der Waals surface area (Å²) in [4.78, 5) is 0. The van der Waals surface area contributed by atoms with E-state index < -0.39 is 0 Å². The molecule has 0 N–H and O–H groups in total. The Morgan fingerprint density at radius 3 is 2.17 bits per heavy atom. The Balaban J connectivity index is 2.30. The summed E-state index contributed by atoms with van der Waals surface area (Å²) in [5, 5.41) is 1.26. The molecule has 0 nitrogen and oxygen atoms in total.